The first-order chi connectivity index (χ1) is 10.4. The molecule has 1 aliphatic heterocycles. The highest BCUT2D eigenvalue weighted by molar-refractivity contribution is 5.95. The summed E-state index contributed by atoms with van der Waals surface area (Å²) in [5.41, 5.74) is 12.1. The van der Waals surface area contributed by atoms with E-state index in [9.17, 15) is 10.1 Å². The van der Waals surface area contributed by atoms with Gasteiger partial charge < -0.3 is 20.5 Å². The van der Waals surface area contributed by atoms with Crippen LogP contribution in [0.15, 0.2) is 35.1 Å². The molecule has 0 amide bonds. The number of hydrogen-bond donors (Lipinski definition) is 3. The van der Waals surface area contributed by atoms with E-state index in [1.165, 1.54) is 7.11 Å². The largest absolute Gasteiger partial charge is 0.497 e. The van der Waals surface area contributed by atoms with E-state index in [0.717, 1.165) is 11.8 Å². The van der Waals surface area contributed by atoms with Crippen LogP contribution in [-0.4, -0.2) is 30.8 Å². The zero-order valence-electron chi connectivity index (χ0n) is 12.2. The Labute approximate surface area is 126 Å². The molecule has 1 aromatic carbocycles. The summed E-state index contributed by atoms with van der Waals surface area (Å²) in [5, 5.41) is 13.5. The molecule has 2 rings (SSSR count). The smallest absolute Gasteiger partial charge is 0.326 e. The average molecular weight is 307 g/mol. The van der Waals surface area contributed by atoms with Crippen LogP contribution in [0.5, 0.6) is 11.5 Å². The lowest BCUT2D eigenvalue weighted by Crippen LogP contribution is -2.55. The van der Waals surface area contributed by atoms with Crippen molar-refractivity contribution < 1.29 is 14.4 Å². The molecule has 1 unspecified atom stereocenters. The molecule has 0 saturated heterocycles. The molecular weight excluding hydrogens is 290 g/mol. The fourth-order valence-corrected chi connectivity index (χ4v) is 2.12. The van der Waals surface area contributed by atoms with Crippen molar-refractivity contribution in [2.75, 3.05) is 14.2 Å². The highest BCUT2D eigenvalue weighted by Crippen LogP contribution is 2.27. The van der Waals surface area contributed by atoms with Crippen molar-refractivity contribution in [3.05, 3.63) is 45.8 Å². The van der Waals surface area contributed by atoms with Gasteiger partial charge in [0, 0.05) is 12.0 Å². The van der Waals surface area contributed by atoms with Gasteiger partial charge in [0.2, 0.25) is 5.84 Å². The van der Waals surface area contributed by atoms with E-state index in [1.54, 1.807) is 25.3 Å². The number of nitrogens with one attached hydrogen (secondary N) is 1. The lowest BCUT2D eigenvalue weighted by Gasteiger charge is -2.29. The van der Waals surface area contributed by atoms with Crippen LogP contribution in [0.25, 0.3) is 0 Å². The Kier molecular flexibility index (Phi) is 4.18. The van der Waals surface area contributed by atoms with Crippen LogP contribution in [0.2, 0.25) is 0 Å². The molecule has 0 radical (unpaired) electrons. The molecule has 0 bridgehead atoms. The molecule has 0 aliphatic carbocycles. The Hall–Kier alpha value is -2.81. The predicted molar refractivity (Wildman–Crippen MR) is 80.0 cm³/mol. The molecule has 5 N–H and O–H groups in total. The van der Waals surface area contributed by atoms with E-state index < -0.39 is 10.7 Å². The van der Waals surface area contributed by atoms with Crippen LogP contribution in [-0.2, 0) is 6.42 Å². The van der Waals surface area contributed by atoms with Gasteiger partial charge in [-0.3, -0.25) is 15.8 Å². The van der Waals surface area contributed by atoms with Gasteiger partial charge in [0.1, 0.15) is 11.5 Å². The zero-order valence-corrected chi connectivity index (χ0v) is 12.2. The van der Waals surface area contributed by atoms with Gasteiger partial charge in [0.05, 0.1) is 25.3 Å². The van der Waals surface area contributed by atoms with E-state index in [0.29, 0.717) is 11.5 Å². The number of hydrogen-bond acceptors (Lipinski definition) is 8. The van der Waals surface area contributed by atoms with Crippen molar-refractivity contribution in [3.8, 4) is 11.5 Å². The minimum absolute atomic E-state index is 0.204. The molecule has 9 nitrogen and oxygen atoms in total. The predicted octanol–water partition coefficient (Wildman–Crippen LogP) is -0.0627. The maximum atomic E-state index is 10.8. The molecule has 118 valence electrons. The number of amidine groups is 1. The normalized spacial score (nSPS) is 20.5. The van der Waals surface area contributed by atoms with E-state index in [-0.39, 0.29) is 18.0 Å². The van der Waals surface area contributed by atoms with E-state index >= 15 is 0 Å². The summed E-state index contributed by atoms with van der Waals surface area (Å²) >= 11 is 0. The summed E-state index contributed by atoms with van der Waals surface area (Å²) in [5.74, 6) is -0.296. The lowest BCUT2D eigenvalue weighted by atomic mass is 10.0. The van der Waals surface area contributed by atoms with Crippen LogP contribution in [0.3, 0.4) is 0 Å². The fourth-order valence-electron chi connectivity index (χ4n) is 2.12. The Balaban J connectivity index is 2.30. The second-order valence-electron chi connectivity index (χ2n) is 4.71. The van der Waals surface area contributed by atoms with Crippen LogP contribution in [0, 0.1) is 10.1 Å². The first-order valence-corrected chi connectivity index (χ1v) is 6.36. The van der Waals surface area contributed by atoms with E-state index in [4.69, 9.17) is 20.9 Å². The second-order valence-corrected chi connectivity index (χ2v) is 4.71. The molecule has 1 aromatic rings. The highest BCUT2D eigenvalue weighted by Gasteiger charge is 2.33. The van der Waals surface area contributed by atoms with Gasteiger partial charge in [-0.15, -0.1) is 0 Å². The van der Waals surface area contributed by atoms with Crippen molar-refractivity contribution in [2.24, 2.45) is 16.5 Å². The molecule has 1 atom stereocenters. The molecule has 9 heteroatoms. The van der Waals surface area contributed by atoms with Crippen molar-refractivity contribution in [3.63, 3.8) is 0 Å². The molecule has 22 heavy (non-hydrogen) atoms. The summed E-state index contributed by atoms with van der Waals surface area (Å²) < 4.78 is 10.4. The number of benzene rings is 1. The van der Waals surface area contributed by atoms with Crippen molar-refractivity contribution in [1.82, 2.24) is 5.32 Å². The van der Waals surface area contributed by atoms with Gasteiger partial charge >= 0.3 is 5.70 Å². The van der Waals surface area contributed by atoms with Gasteiger partial charge in [-0.05, 0) is 18.2 Å². The maximum Gasteiger partial charge on any atom is 0.326 e. The molecular formula is C13H17N5O4. The zero-order chi connectivity index (χ0) is 16.3. The summed E-state index contributed by atoms with van der Waals surface area (Å²) in [7, 11) is 3.08. The average Bonchev–Trinajstić information content (AvgIpc) is 2.46. The van der Waals surface area contributed by atoms with Crippen LogP contribution >= 0.6 is 0 Å². The Bertz CT molecular complexity index is 658. The van der Waals surface area contributed by atoms with E-state index in [1.807, 2.05) is 0 Å². The second kappa shape index (κ2) is 5.90. The van der Waals surface area contributed by atoms with Gasteiger partial charge in [-0.25, -0.2) is 4.99 Å². The third-order valence-electron chi connectivity index (χ3n) is 3.19. The molecule has 0 aromatic heterocycles. The fraction of sp³-hybridized carbons (Fsp3) is 0.308. The van der Waals surface area contributed by atoms with Crippen molar-refractivity contribution in [1.29, 1.82) is 0 Å². The number of nitrogens with two attached hydrogens (primary N) is 2. The first kappa shape index (κ1) is 15.6. The highest BCUT2D eigenvalue weighted by atomic mass is 16.6. The summed E-state index contributed by atoms with van der Waals surface area (Å²) in [6.45, 7) is 0. The maximum absolute atomic E-state index is 10.8. The van der Waals surface area contributed by atoms with Gasteiger partial charge in [0.15, 0.2) is 5.79 Å². The summed E-state index contributed by atoms with van der Waals surface area (Å²) in [4.78, 5) is 14.1. The summed E-state index contributed by atoms with van der Waals surface area (Å²) in [6, 6.07) is 5.25. The standard InChI is InChI=1S/C13H17N5O4/c1-21-9-3-4-11(22-2)8(5-9)6-13(15)16-7-10(18(19)20)12(14)17-13/h3-5,7,16H,6,15H2,1-2H3,(H2,14,17). The Morgan fingerprint density at radius 3 is 2.68 bits per heavy atom. The number of aliphatic imine (C=N–C) groups is 1. The SMILES string of the molecule is COc1ccc(OC)c(CC2(N)N=C(N)C([N+](=O)[O-])=CN2)c1. The number of methoxy groups -OCH3 is 2. The Morgan fingerprint density at radius 2 is 2.14 bits per heavy atom. The molecule has 0 saturated carbocycles. The minimum atomic E-state index is -1.30. The molecule has 0 fully saturated rings. The number of nitrogens with zero attached hydrogens (tertiary/aromatic N) is 2. The minimum Gasteiger partial charge on any atom is -0.497 e. The monoisotopic (exact) mass is 307 g/mol. The van der Waals surface area contributed by atoms with Gasteiger partial charge in [0.25, 0.3) is 0 Å². The van der Waals surface area contributed by atoms with E-state index in [2.05, 4.69) is 10.3 Å². The van der Waals surface area contributed by atoms with Crippen molar-refractivity contribution in [2.45, 2.75) is 12.2 Å². The topological polar surface area (TPSA) is 138 Å². The first-order valence-electron chi connectivity index (χ1n) is 6.36. The van der Waals surface area contributed by atoms with Crippen molar-refractivity contribution >= 4 is 5.84 Å². The quantitative estimate of drug-likeness (QED) is 0.511. The lowest BCUT2D eigenvalue weighted by molar-refractivity contribution is -0.416. The van der Waals surface area contributed by atoms with Crippen LogP contribution in [0.4, 0.5) is 0 Å². The van der Waals surface area contributed by atoms with Crippen LogP contribution < -0.4 is 26.3 Å². The third kappa shape index (κ3) is 3.09. The number of ether oxygens (including phenoxy) is 2. The molecule has 0 spiro atoms. The summed E-state index contributed by atoms with van der Waals surface area (Å²) in [6.07, 6.45) is 1.35. The van der Waals surface area contributed by atoms with Crippen LogP contribution in [0.1, 0.15) is 5.56 Å². The third-order valence-corrected chi connectivity index (χ3v) is 3.19. The van der Waals surface area contributed by atoms with Gasteiger partial charge in [-0.2, -0.15) is 0 Å². The molecule has 1 aliphatic rings. The number of rotatable bonds is 5. The number of nitro groups is 1. The van der Waals surface area contributed by atoms with Gasteiger partial charge in [-0.1, -0.05) is 0 Å². The Morgan fingerprint density at radius 1 is 1.41 bits per heavy atom. The molecule has 1 heterocycles.